The summed E-state index contributed by atoms with van der Waals surface area (Å²) in [4.78, 5) is 54.1. The molecule has 2 aliphatic heterocycles. The Morgan fingerprint density at radius 2 is 1.88 bits per heavy atom. The number of hydrogen-bond donors (Lipinski definition) is 2. The Morgan fingerprint density at radius 1 is 1.15 bits per heavy atom. The largest absolute Gasteiger partial charge is 0.508 e. The van der Waals surface area contributed by atoms with Gasteiger partial charge in [-0.15, -0.1) is 0 Å². The van der Waals surface area contributed by atoms with Crippen LogP contribution >= 0.6 is 0 Å². The minimum Gasteiger partial charge on any atom is -0.508 e. The van der Waals surface area contributed by atoms with E-state index in [4.69, 9.17) is 9.47 Å². The number of nitrogens with zero attached hydrogens (tertiary/aromatic N) is 2. The summed E-state index contributed by atoms with van der Waals surface area (Å²) in [7, 11) is 1.29. The standard InChI is InChI=1S/C30H43N3O7/c1-5-30(2,3)40-29(38)32-16-13-21(14-17-32)11-12-26(35)33-15-7-9-23(20-33)28(37)31-25(19-27(36)39-4)22-8-6-10-24(34)18-22/h5-6,8,10,18,21,23,25,34H,1,7,9,11-17,19-20H2,2-4H3,(H,31,37). The van der Waals surface area contributed by atoms with Gasteiger partial charge in [-0.1, -0.05) is 18.7 Å². The predicted molar refractivity (Wildman–Crippen MR) is 149 cm³/mol. The number of nitrogens with one attached hydrogen (secondary N) is 1. The van der Waals surface area contributed by atoms with Gasteiger partial charge < -0.3 is 29.7 Å². The Kier molecular flexibility index (Phi) is 11.0. The molecule has 10 heteroatoms. The number of likely N-dealkylation sites (tertiary alicyclic amines) is 2. The third kappa shape index (κ3) is 8.99. The number of phenols is 1. The Bertz CT molecular complexity index is 1070. The maximum atomic E-state index is 13.2. The number of methoxy groups -OCH3 is 1. The maximum absolute atomic E-state index is 13.2. The van der Waals surface area contributed by atoms with E-state index in [2.05, 4.69) is 11.9 Å². The summed E-state index contributed by atoms with van der Waals surface area (Å²) in [5.74, 6) is -0.662. The van der Waals surface area contributed by atoms with Gasteiger partial charge in [0.2, 0.25) is 11.8 Å². The van der Waals surface area contributed by atoms with Gasteiger partial charge in [-0.25, -0.2) is 4.79 Å². The lowest BCUT2D eigenvalue weighted by molar-refractivity contribution is -0.141. The van der Waals surface area contributed by atoms with Crippen LogP contribution in [0.4, 0.5) is 4.79 Å². The summed E-state index contributed by atoms with van der Waals surface area (Å²) < 4.78 is 10.3. The molecule has 0 aliphatic carbocycles. The number of carbonyl (C=O) groups excluding carboxylic acids is 4. The van der Waals surface area contributed by atoms with Crippen molar-refractivity contribution in [2.75, 3.05) is 33.3 Å². The molecule has 3 amide bonds. The molecule has 2 unspecified atom stereocenters. The van der Waals surface area contributed by atoms with E-state index in [1.807, 2.05) is 0 Å². The lowest BCUT2D eigenvalue weighted by Crippen LogP contribution is -2.46. The van der Waals surface area contributed by atoms with E-state index in [1.54, 1.807) is 41.9 Å². The number of benzene rings is 1. The van der Waals surface area contributed by atoms with Crippen LogP contribution in [-0.2, 0) is 23.9 Å². The highest BCUT2D eigenvalue weighted by molar-refractivity contribution is 5.82. The van der Waals surface area contributed by atoms with Crippen molar-refractivity contribution in [1.29, 1.82) is 0 Å². The first-order chi connectivity index (χ1) is 19.0. The number of phenolic OH excluding ortho intramolecular Hbond substituents is 1. The first kappa shape index (κ1) is 31.0. The third-order valence-corrected chi connectivity index (χ3v) is 7.81. The van der Waals surface area contributed by atoms with Gasteiger partial charge >= 0.3 is 12.1 Å². The molecule has 0 spiro atoms. The van der Waals surface area contributed by atoms with E-state index in [0.29, 0.717) is 50.5 Å². The van der Waals surface area contributed by atoms with Crippen LogP contribution in [0.2, 0.25) is 0 Å². The van der Waals surface area contributed by atoms with Crippen LogP contribution in [-0.4, -0.2) is 77.7 Å². The number of aromatic hydroxyl groups is 1. The molecule has 0 bridgehead atoms. The summed E-state index contributed by atoms with van der Waals surface area (Å²) in [5.41, 5.74) is -0.109. The molecular weight excluding hydrogens is 514 g/mol. The van der Waals surface area contributed by atoms with Crippen molar-refractivity contribution in [3.05, 3.63) is 42.5 Å². The maximum Gasteiger partial charge on any atom is 0.410 e. The summed E-state index contributed by atoms with van der Waals surface area (Å²) in [6, 6.07) is 5.78. The predicted octanol–water partition coefficient (Wildman–Crippen LogP) is 3.94. The van der Waals surface area contributed by atoms with E-state index < -0.39 is 17.6 Å². The van der Waals surface area contributed by atoms with Crippen molar-refractivity contribution in [2.24, 2.45) is 11.8 Å². The fraction of sp³-hybridized carbons (Fsp3) is 0.600. The van der Waals surface area contributed by atoms with Crippen molar-refractivity contribution in [3.8, 4) is 5.75 Å². The van der Waals surface area contributed by atoms with E-state index in [9.17, 15) is 24.3 Å². The van der Waals surface area contributed by atoms with Crippen LogP contribution in [0.15, 0.2) is 36.9 Å². The second kappa shape index (κ2) is 14.2. The zero-order valence-corrected chi connectivity index (χ0v) is 23.9. The van der Waals surface area contributed by atoms with Gasteiger partial charge in [-0.3, -0.25) is 14.4 Å². The molecular formula is C30H43N3O7. The smallest absolute Gasteiger partial charge is 0.410 e. The van der Waals surface area contributed by atoms with Gasteiger partial charge in [0.1, 0.15) is 11.4 Å². The third-order valence-electron chi connectivity index (χ3n) is 7.81. The Morgan fingerprint density at radius 3 is 2.52 bits per heavy atom. The molecule has 220 valence electrons. The number of piperidine rings is 2. The fourth-order valence-corrected chi connectivity index (χ4v) is 5.17. The molecule has 1 aromatic rings. The normalized spacial score (nSPS) is 18.9. The Hall–Kier alpha value is -3.56. The highest BCUT2D eigenvalue weighted by Crippen LogP contribution is 2.26. The van der Waals surface area contributed by atoms with Gasteiger partial charge in [0, 0.05) is 32.6 Å². The molecule has 2 atom stereocenters. The van der Waals surface area contributed by atoms with Crippen molar-refractivity contribution in [1.82, 2.24) is 15.1 Å². The van der Waals surface area contributed by atoms with E-state index >= 15 is 0 Å². The Balaban J connectivity index is 1.48. The number of hydrogen-bond acceptors (Lipinski definition) is 7. The second-order valence-electron chi connectivity index (χ2n) is 11.3. The average molecular weight is 558 g/mol. The quantitative estimate of drug-likeness (QED) is 0.330. The van der Waals surface area contributed by atoms with Crippen molar-refractivity contribution in [2.45, 2.75) is 70.4 Å². The molecule has 2 heterocycles. The molecule has 0 saturated carbocycles. The minimum absolute atomic E-state index is 0.0335. The van der Waals surface area contributed by atoms with Gasteiger partial charge in [0.15, 0.2) is 0 Å². The molecule has 2 saturated heterocycles. The molecule has 40 heavy (non-hydrogen) atoms. The van der Waals surface area contributed by atoms with Crippen molar-refractivity contribution in [3.63, 3.8) is 0 Å². The first-order valence-corrected chi connectivity index (χ1v) is 14.1. The van der Waals surface area contributed by atoms with Crippen LogP contribution in [0.25, 0.3) is 0 Å². The summed E-state index contributed by atoms with van der Waals surface area (Å²) >= 11 is 0. The zero-order valence-electron chi connectivity index (χ0n) is 23.9. The fourth-order valence-electron chi connectivity index (χ4n) is 5.17. The second-order valence-corrected chi connectivity index (χ2v) is 11.3. The van der Waals surface area contributed by atoms with E-state index in [-0.39, 0.29) is 36.0 Å². The van der Waals surface area contributed by atoms with E-state index in [1.165, 1.54) is 19.2 Å². The lowest BCUT2D eigenvalue weighted by Gasteiger charge is -2.35. The number of rotatable bonds is 10. The Labute approximate surface area is 236 Å². The molecule has 1 aromatic carbocycles. The molecule has 2 fully saturated rings. The van der Waals surface area contributed by atoms with Crippen molar-refractivity contribution >= 4 is 23.9 Å². The topological polar surface area (TPSA) is 125 Å². The highest BCUT2D eigenvalue weighted by atomic mass is 16.6. The average Bonchev–Trinajstić information content (AvgIpc) is 2.95. The monoisotopic (exact) mass is 557 g/mol. The summed E-state index contributed by atoms with van der Waals surface area (Å²) in [5, 5.41) is 12.8. The van der Waals surface area contributed by atoms with Crippen LogP contribution in [0.1, 0.15) is 70.4 Å². The van der Waals surface area contributed by atoms with Gasteiger partial charge in [-0.05, 0) is 75.6 Å². The number of esters is 1. The van der Waals surface area contributed by atoms with Crippen LogP contribution in [0, 0.1) is 11.8 Å². The SMILES string of the molecule is C=CC(C)(C)OC(=O)N1CCC(CCC(=O)N2CCCC(C(=O)NC(CC(=O)OC)c3cccc(O)c3)C2)CC1. The minimum atomic E-state index is -0.712. The highest BCUT2D eigenvalue weighted by Gasteiger charge is 2.32. The molecule has 0 radical (unpaired) electrons. The van der Waals surface area contributed by atoms with Crippen LogP contribution < -0.4 is 5.32 Å². The number of carbonyl (C=O) groups is 4. The van der Waals surface area contributed by atoms with Gasteiger partial charge in [-0.2, -0.15) is 0 Å². The summed E-state index contributed by atoms with van der Waals surface area (Å²) in [6.45, 7) is 9.43. The van der Waals surface area contributed by atoms with Gasteiger partial charge in [0.25, 0.3) is 0 Å². The van der Waals surface area contributed by atoms with E-state index in [0.717, 1.165) is 25.7 Å². The number of ether oxygens (including phenoxy) is 2. The molecule has 0 aromatic heterocycles. The molecule has 10 nitrogen and oxygen atoms in total. The van der Waals surface area contributed by atoms with Crippen LogP contribution in [0.5, 0.6) is 5.75 Å². The van der Waals surface area contributed by atoms with Crippen molar-refractivity contribution < 1.29 is 33.8 Å². The first-order valence-electron chi connectivity index (χ1n) is 14.1. The van der Waals surface area contributed by atoms with Crippen LogP contribution in [0.3, 0.4) is 0 Å². The summed E-state index contributed by atoms with van der Waals surface area (Å²) in [6.07, 6.45) is 5.36. The lowest BCUT2D eigenvalue weighted by atomic mass is 9.91. The zero-order chi connectivity index (χ0) is 29.3. The molecule has 2 aliphatic rings. The van der Waals surface area contributed by atoms with Gasteiger partial charge in [0.05, 0.1) is 25.5 Å². The molecule has 3 rings (SSSR count). The molecule has 2 N–H and O–H groups in total. The number of amides is 3.